The molecule has 2 unspecified atom stereocenters. The lowest BCUT2D eigenvalue weighted by molar-refractivity contribution is -0.141. The number of terminal acetylenes is 1. The number of amides is 2. The molecule has 0 bridgehead atoms. The van der Waals surface area contributed by atoms with Crippen LogP contribution in [0.5, 0.6) is 0 Å². The van der Waals surface area contributed by atoms with Gasteiger partial charge in [-0.15, -0.1) is 18.2 Å². The molecule has 0 aromatic carbocycles. The highest BCUT2D eigenvalue weighted by atomic mass is 32.2. The van der Waals surface area contributed by atoms with E-state index in [1.165, 1.54) is 0 Å². The number of hydrogen-bond donors (Lipinski definition) is 1. The van der Waals surface area contributed by atoms with Gasteiger partial charge in [0.15, 0.2) is 0 Å². The van der Waals surface area contributed by atoms with E-state index >= 15 is 0 Å². The number of thioether (sulfide) groups is 1. The number of rotatable bonds is 5. The van der Waals surface area contributed by atoms with Gasteiger partial charge >= 0.3 is 12.0 Å². The molecule has 2 aliphatic rings. The molecule has 0 radical (unpaired) electrons. The average Bonchev–Trinajstić information content (AvgIpc) is 3.16. The Bertz CT molecular complexity index is 431. The number of hydrogen-bond acceptors (Lipinski definition) is 3. The second kappa shape index (κ2) is 6.40. The van der Waals surface area contributed by atoms with E-state index in [1.807, 2.05) is 6.92 Å². The smallest absolute Gasteiger partial charge is 0.327 e. The first kappa shape index (κ1) is 15.0. The van der Waals surface area contributed by atoms with Gasteiger partial charge in [0.05, 0.1) is 11.9 Å². The first-order valence-electron chi connectivity index (χ1n) is 6.95. The molecule has 110 valence electrons. The molecule has 1 saturated heterocycles. The fourth-order valence-electron chi connectivity index (χ4n) is 2.49. The van der Waals surface area contributed by atoms with Gasteiger partial charge in [0.2, 0.25) is 0 Å². The summed E-state index contributed by atoms with van der Waals surface area (Å²) in [4.78, 5) is 27.2. The predicted octanol–water partition coefficient (Wildman–Crippen LogP) is 1.69. The molecular weight excluding hydrogens is 276 g/mol. The number of urea groups is 1. The van der Waals surface area contributed by atoms with Crippen LogP contribution in [0, 0.1) is 18.3 Å². The quantitative estimate of drug-likeness (QED) is 0.784. The highest BCUT2D eigenvalue weighted by molar-refractivity contribution is 8.00. The maximum atomic E-state index is 12.7. The van der Waals surface area contributed by atoms with Gasteiger partial charge in [0.25, 0.3) is 0 Å². The minimum absolute atomic E-state index is 0.000676. The van der Waals surface area contributed by atoms with Crippen molar-refractivity contribution in [3.05, 3.63) is 0 Å². The third-order valence-electron chi connectivity index (χ3n) is 3.61. The zero-order valence-electron chi connectivity index (χ0n) is 11.6. The Labute approximate surface area is 123 Å². The van der Waals surface area contributed by atoms with Gasteiger partial charge in [-0.25, -0.2) is 9.59 Å². The third-order valence-corrected chi connectivity index (χ3v) is 5.07. The van der Waals surface area contributed by atoms with E-state index in [4.69, 9.17) is 6.42 Å². The van der Waals surface area contributed by atoms with Crippen molar-refractivity contribution in [2.75, 3.05) is 18.8 Å². The average molecular weight is 296 g/mol. The third kappa shape index (κ3) is 3.04. The van der Waals surface area contributed by atoms with Gasteiger partial charge in [-0.05, 0) is 25.2 Å². The number of aliphatic carboxylic acids is 1. The van der Waals surface area contributed by atoms with Crippen LogP contribution in [-0.2, 0) is 4.79 Å². The standard InChI is InChI=1S/C14H20N2O3S/c1-3-7-15(8-4-2)14(19)16-11(13(17)18)9-20-12(16)10-5-6-10/h1,10-12H,4-9H2,2H3,(H,17,18). The monoisotopic (exact) mass is 296 g/mol. The topological polar surface area (TPSA) is 60.9 Å². The Kier molecular flexibility index (Phi) is 4.81. The molecule has 20 heavy (non-hydrogen) atoms. The van der Waals surface area contributed by atoms with Crippen molar-refractivity contribution >= 4 is 23.8 Å². The van der Waals surface area contributed by atoms with E-state index < -0.39 is 12.0 Å². The summed E-state index contributed by atoms with van der Waals surface area (Å²) in [5.74, 6) is 2.48. The lowest BCUT2D eigenvalue weighted by atomic mass is 10.2. The van der Waals surface area contributed by atoms with Crippen molar-refractivity contribution in [2.45, 2.75) is 37.6 Å². The van der Waals surface area contributed by atoms with Crippen LogP contribution in [0.2, 0.25) is 0 Å². The molecule has 2 atom stereocenters. The van der Waals surface area contributed by atoms with E-state index in [1.54, 1.807) is 21.6 Å². The van der Waals surface area contributed by atoms with Crippen LogP contribution in [0.3, 0.4) is 0 Å². The minimum atomic E-state index is -0.925. The summed E-state index contributed by atoms with van der Waals surface area (Å²) in [5.41, 5.74) is 0. The van der Waals surface area contributed by atoms with E-state index in [2.05, 4.69) is 5.92 Å². The lowest BCUT2D eigenvalue weighted by Crippen LogP contribution is -2.52. The molecule has 2 fully saturated rings. The molecule has 0 spiro atoms. The van der Waals surface area contributed by atoms with E-state index in [0.29, 0.717) is 18.2 Å². The van der Waals surface area contributed by atoms with Gasteiger partial charge in [-0.3, -0.25) is 4.90 Å². The van der Waals surface area contributed by atoms with Crippen molar-refractivity contribution < 1.29 is 14.7 Å². The fraction of sp³-hybridized carbons (Fsp3) is 0.714. The summed E-state index contributed by atoms with van der Waals surface area (Å²) >= 11 is 1.59. The summed E-state index contributed by atoms with van der Waals surface area (Å²) in [6.45, 7) is 2.77. The van der Waals surface area contributed by atoms with Crippen LogP contribution >= 0.6 is 11.8 Å². The van der Waals surface area contributed by atoms with Gasteiger partial charge < -0.3 is 10.0 Å². The van der Waals surface area contributed by atoms with Crippen LogP contribution in [-0.4, -0.2) is 57.2 Å². The SMILES string of the molecule is C#CCN(CCC)C(=O)N1C(C(=O)O)CSC1C1CC1. The van der Waals surface area contributed by atoms with Crippen LogP contribution in [0.25, 0.3) is 0 Å². The molecule has 2 rings (SSSR count). The maximum Gasteiger partial charge on any atom is 0.327 e. The van der Waals surface area contributed by atoms with Gasteiger partial charge in [0, 0.05) is 12.3 Å². The first-order valence-corrected chi connectivity index (χ1v) is 8.00. The first-order chi connectivity index (χ1) is 9.60. The Hall–Kier alpha value is -1.35. The zero-order valence-corrected chi connectivity index (χ0v) is 12.4. The summed E-state index contributed by atoms with van der Waals surface area (Å²) in [5, 5.41) is 9.33. The van der Waals surface area contributed by atoms with E-state index in [0.717, 1.165) is 19.3 Å². The molecule has 1 saturated carbocycles. The van der Waals surface area contributed by atoms with Gasteiger partial charge in [-0.1, -0.05) is 12.8 Å². The summed E-state index contributed by atoms with van der Waals surface area (Å²) in [6, 6.07) is -0.950. The van der Waals surface area contributed by atoms with Crippen LogP contribution in [0.1, 0.15) is 26.2 Å². The highest BCUT2D eigenvalue weighted by Crippen LogP contribution is 2.45. The van der Waals surface area contributed by atoms with Gasteiger partial charge in [0.1, 0.15) is 6.04 Å². The maximum absolute atomic E-state index is 12.7. The summed E-state index contributed by atoms with van der Waals surface area (Å²) in [7, 11) is 0. The fourth-order valence-corrected chi connectivity index (χ4v) is 4.12. The van der Waals surface area contributed by atoms with Crippen LogP contribution in [0.4, 0.5) is 4.79 Å². The normalized spacial score (nSPS) is 25.3. The molecular formula is C14H20N2O3S. The Morgan fingerprint density at radius 3 is 2.70 bits per heavy atom. The molecule has 1 aliphatic heterocycles. The summed E-state index contributed by atoms with van der Waals surface area (Å²) in [6.07, 6.45) is 8.28. The number of carboxylic acids is 1. The summed E-state index contributed by atoms with van der Waals surface area (Å²) < 4.78 is 0. The molecule has 5 nitrogen and oxygen atoms in total. The largest absolute Gasteiger partial charge is 0.480 e. The van der Waals surface area contributed by atoms with Crippen LogP contribution in [0.15, 0.2) is 0 Å². The van der Waals surface area contributed by atoms with E-state index in [-0.39, 0.29) is 17.9 Å². The Morgan fingerprint density at radius 2 is 2.20 bits per heavy atom. The van der Waals surface area contributed by atoms with Crippen molar-refractivity contribution in [2.24, 2.45) is 5.92 Å². The molecule has 1 N–H and O–H groups in total. The van der Waals surface area contributed by atoms with Crippen molar-refractivity contribution in [3.63, 3.8) is 0 Å². The van der Waals surface area contributed by atoms with Crippen molar-refractivity contribution in [3.8, 4) is 12.3 Å². The number of carboxylic acid groups (broad SMARTS) is 1. The molecule has 0 aromatic rings. The second-order valence-corrected chi connectivity index (χ2v) is 6.38. The zero-order chi connectivity index (χ0) is 14.7. The Morgan fingerprint density at radius 1 is 1.50 bits per heavy atom. The minimum Gasteiger partial charge on any atom is -0.480 e. The second-order valence-electron chi connectivity index (χ2n) is 5.23. The van der Waals surface area contributed by atoms with Crippen molar-refractivity contribution in [1.29, 1.82) is 0 Å². The molecule has 0 aromatic heterocycles. The number of carbonyl (C=O) groups is 2. The lowest BCUT2D eigenvalue weighted by Gasteiger charge is -2.32. The highest BCUT2D eigenvalue weighted by Gasteiger charge is 2.48. The number of nitrogens with zero attached hydrogens (tertiary/aromatic N) is 2. The van der Waals surface area contributed by atoms with E-state index in [9.17, 15) is 14.7 Å². The Balaban J connectivity index is 2.17. The molecule has 2 amide bonds. The molecule has 1 heterocycles. The number of carbonyl (C=O) groups excluding carboxylic acids is 1. The van der Waals surface area contributed by atoms with Crippen molar-refractivity contribution in [1.82, 2.24) is 9.80 Å². The van der Waals surface area contributed by atoms with Crippen LogP contribution < -0.4 is 0 Å². The predicted molar refractivity (Wildman–Crippen MR) is 78.3 cm³/mol. The van der Waals surface area contributed by atoms with Gasteiger partial charge in [-0.2, -0.15) is 0 Å². The molecule has 6 heteroatoms. The molecule has 1 aliphatic carbocycles.